The first kappa shape index (κ1) is 17.3. The number of carbonyl (C=O) groups excluding carboxylic acids is 1. The van der Waals surface area contributed by atoms with Gasteiger partial charge in [0.25, 0.3) is 0 Å². The molecule has 1 saturated heterocycles. The summed E-state index contributed by atoms with van der Waals surface area (Å²) in [6.45, 7) is 5.98. The summed E-state index contributed by atoms with van der Waals surface area (Å²) in [4.78, 5) is 19.1. The zero-order chi connectivity index (χ0) is 16.9. The molecule has 0 aromatic carbocycles. The number of nitrogens with zero attached hydrogens (tertiary/aromatic N) is 3. The van der Waals surface area contributed by atoms with E-state index in [1.54, 1.807) is 0 Å². The first-order chi connectivity index (χ1) is 11.7. The van der Waals surface area contributed by atoms with Gasteiger partial charge in [-0.15, -0.1) is 0 Å². The Morgan fingerprint density at radius 1 is 1.50 bits per heavy atom. The van der Waals surface area contributed by atoms with E-state index in [-0.39, 0.29) is 5.97 Å². The van der Waals surface area contributed by atoms with Gasteiger partial charge in [0.1, 0.15) is 0 Å². The standard InChI is InChI=1S/C17H23N3O3S/c1-13-12-22-11-9-19(13)7-5-10-23-16(21)15-14-6-3-4-8-20(14)17(18-15)24-2/h3-4,6,8,13H,5,7,9-12H2,1-2H3. The lowest BCUT2D eigenvalue weighted by Crippen LogP contribution is -2.44. The Morgan fingerprint density at radius 3 is 3.17 bits per heavy atom. The smallest absolute Gasteiger partial charge is 0.359 e. The number of imidazole rings is 1. The molecule has 1 aliphatic rings. The summed E-state index contributed by atoms with van der Waals surface area (Å²) in [5.41, 5.74) is 1.17. The molecule has 0 saturated carbocycles. The van der Waals surface area contributed by atoms with E-state index >= 15 is 0 Å². The molecule has 3 rings (SSSR count). The van der Waals surface area contributed by atoms with Crippen molar-refractivity contribution in [2.24, 2.45) is 0 Å². The lowest BCUT2D eigenvalue weighted by molar-refractivity contribution is -0.00388. The number of fused-ring (bicyclic) bond motifs is 1. The van der Waals surface area contributed by atoms with Crippen molar-refractivity contribution in [1.29, 1.82) is 0 Å². The number of esters is 1. The minimum Gasteiger partial charge on any atom is -0.461 e. The van der Waals surface area contributed by atoms with E-state index < -0.39 is 0 Å². The Hall–Kier alpha value is -1.57. The van der Waals surface area contributed by atoms with Crippen molar-refractivity contribution in [2.75, 3.05) is 39.2 Å². The van der Waals surface area contributed by atoms with Gasteiger partial charge in [0.05, 0.1) is 25.3 Å². The van der Waals surface area contributed by atoms with Gasteiger partial charge in [-0.1, -0.05) is 17.8 Å². The lowest BCUT2D eigenvalue weighted by atomic mass is 10.2. The number of hydrogen-bond donors (Lipinski definition) is 0. The van der Waals surface area contributed by atoms with Crippen molar-refractivity contribution in [1.82, 2.24) is 14.3 Å². The molecule has 1 unspecified atom stereocenters. The topological polar surface area (TPSA) is 56.1 Å². The largest absolute Gasteiger partial charge is 0.461 e. The first-order valence-electron chi connectivity index (χ1n) is 8.20. The van der Waals surface area contributed by atoms with Crippen molar-refractivity contribution >= 4 is 23.2 Å². The summed E-state index contributed by atoms with van der Waals surface area (Å²) in [5.74, 6) is -0.353. The highest BCUT2D eigenvalue weighted by atomic mass is 32.2. The number of morpholine rings is 1. The molecule has 7 heteroatoms. The van der Waals surface area contributed by atoms with Crippen LogP contribution in [0.2, 0.25) is 0 Å². The van der Waals surface area contributed by atoms with Gasteiger partial charge in [-0.3, -0.25) is 9.30 Å². The molecule has 24 heavy (non-hydrogen) atoms. The van der Waals surface area contributed by atoms with Crippen molar-refractivity contribution in [2.45, 2.75) is 24.5 Å². The maximum atomic E-state index is 12.4. The second-order valence-electron chi connectivity index (χ2n) is 5.85. The Balaban J connectivity index is 1.56. The molecule has 2 aromatic rings. The third-order valence-corrected chi connectivity index (χ3v) is 4.87. The molecule has 0 N–H and O–H groups in total. The molecule has 6 nitrogen and oxygen atoms in total. The van der Waals surface area contributed by atoms with E-state index in [9.17, 15) is 4.79 Å². The molecule has 1 fully saturated rings. The van der Waals surface area contributed by atoms with Crippen LogP contribution in [0.3, 0.4) is 0 Å². The maximum absolute atomic E-state index is 12.4. The van der Waals surface area contributed by atoms with E-state index in [4.69, 9.17) is 9.47 Å². The maximum Gasteiger partial charge on any atom is 0.359 e. The van der Waals surface area contributed by atoms with Crippen LogP contribution in [0.1, 0.15) is 23.8 Å². The molecule has 2 aromatic heterocycles. The zero-order valence-electron chi connectivity index (χ0n) is 14.1. The Kier molecular flexibility index (Phi) is 5.76. The third-order valence-electron chi connectivity index (χ3n) is 4.22. The monoisotopic (exact) mass is 349 g/mol. The van der Waals surface area contributed by atoms with Gasteiger partial charge in [0.15, 0.2) is 10.9 Å². The van der Waals surface area contributed by atoms with E-state index in [2.05, 4.69) is 16.8 Å². The Bertz CT molecular complexity index is 703. The summed E-state index contributed by atoms with van der Waals surface area (Å²) in [6.07, 6.45) is 4.67. The van der Waals surface area contributed by atoms with Crippen molar-refractivity contribution in [3.63, 3.8) is 0 Å². The average Bonchev–Trinajstić information content (AvgIpc) is 2.99. The van der Waals surface area contributed by atoms with E-state index in [1.165, 1.54) is 11.8 Å². The number of hydrogen-bond acceptors (Lipinski definition) is 6. The van der Waals surface area contributed by atoms with Gasteiger partial charge >= 0.3 is 5.97 Å². The van der Waals surface area contributed by atoms with Crippen LogP contribution in [0, 0.1) is 0 Å². The Labute approximate surface area is 146 Å². The Morgan fingerprint density at radius 2 is 2.38 bits per heavy atom. The van der Waals surface area contributed by atoms with E-state index in [0.29, 0.717) is 18.3 Å². The summed E-state index contributed by atoms with van der Waals surface area (Å²) < 4.78 is 12.8. The van der Waals surface area contributed by atoms with Crippen LogP contribution in [0.5, 0.6) is 0 Å². The van der Waals surface area contributed by atoms with Crippen molar-refractivity contribution in [3.8, 4) is 0 Å². The van der Waals surface area contributed by atoms with Crippen LogP contribution >= 0.6 is 11.8 Å². The summed E-state index contributed by atoms with van der Waals surface area (Å²) >= 11 is 1.51. The highest BCUT2D eigenvalue weighted by molar-refractivity contribution is 7.98. The van der Waals surface area contributed by atoms with Gasteiger partial charge in [-0.05, 0) is 31.7 Å². The number of ether oxygens (including phenoxy) is 2. The normalized spacial score (nSPS) is 18.8. The molecule has 0 spiro atoms. The van der Waals surface area contributed by atoms with Crippen LogP contribution < -0.4 is 0 Å². The fraction of sp³-hybridized carbons (Fsp3) is 0.529. The molecule has 0 amide bonds. The highest BCUT2D eigenvalue weighted by Crippen LogP contribution is 2.20. The second kappa shape index (κ2) is 8.00. The number of pyridine rings is 1. The number of rotatable bonds is 6. The van der Waals surface area contributed by atoms with Crippen LogP contribution in [-0.2, 0) is 9.47 Å². The lowest BCUT2D eigenvalue weighted by Gasteiger charge is -2.33. The molecule has 3 heterocycles. The molecule has 1 atom stereocenters. The summed E-state index contributed by atoms with van der Waals surface area (Å²) in [6, 6.07) is 6.14. The van der Waals surface area contributed by atoms with Gasteiger partial charge in [-0.25, -0.2) is 9.78 Å². The summed E-state index contributed by atoms with van der Waals surface area (Å²) in [7, 11) is 0. The van der Waals surface area contributed by atoms with Gasteiger partial charge in [-0.2, -0.15) is 0 Å². The number of carbonyl (C=O) groups is 1. The average molecular weight is 349 g/mol. The van der Waals surface area contributed by atoms with E-state index in [0.717, 1.165) is 43.4 Å². The molecule has 0 bridgehead atoms. The molecule has 130 valence electrons. The second-order valence-corrected chi connectivity index (χ2v) is 6.63. The van der Waals surface area contributed by atoms with Gasteiger partial charge < -0.3 is 9.47 Å². The number of aromatic nitrogens is 2. The van der Waals surface area contributed by atoms with Crippen molar-refractivity contribution < 1.29 is 14.3 Å². The molecule has 0 radical (unpaired) electrons. The zero-order valence-corrected chi connectivity index (χ0v) is 14.9. The predicted octanol–water partition coefficient (Wildman–Crippen LogP) is 2.32. The molecule has 1 aliphatic heterocycles. The quantitative estimate of drug-likeness (QED) is 0.453. The summed E-state index contributed by atoms with van der Waals surface area (Å²) in [5, 5.41) is 0.791. The van der Waals surface area contributed by atoms with Crippen LogP contribution in [-0.4, -0.2) is 65.5 Å². The van der Waals surface area contributed by atoms with Crippen molar-refractivity contribution in [3.05, 3.63) is 30.1 Å². The number of thioether (sulfide) groups is 1. The van der Waals surface area contributed by atoms with Crippen LogP contribution in [0.25, 0.3) is 5.52 Å². The molecular formula is C17H23N3O3S. The SMILES string of the molecule is CSc1nc(C(=O)OCCCN2CCOCC2C)c2ccccn12. The minimum absolute atomic E-state index is 0.353. The fourth-order valence-corrected chi connectivity index (χ4v) is 3.44. The molecular weight excluding hydrogens is 326 g/mol. The van der Waals surface area contributed by atoms with Gasteiger partial charge in [0.2, 0.25) is 0 Å². The minimum atomic E-state index is -0.353. The van der Waals surface area contributed by atoms with Crippen LogP contribution in [0.15, 0.2) is 29.6 Å². The van der Waals surface area contributed by atoms with E-state index in [1.807, 2.05) is 35.1 Å². The predicted molar refractivity (Wildman–Crippen MR) is 93.7 cm³/mol. The third kappa shape index (κ3) is 3.74. The highest BCUT2D eigenvalue weighted by Gasteiger charge is 2.20. The fourth-order valence-electron chi connectivity index (χ4n) is 2.90. The molecule has 0 aliphatic carbocycles. The first-order valence-corrected chi connectivity index (χ1v) is 9.43. The van der Waals surface area contributed by atoms with Gasteiger partial charge in [0, 0.05) is 25.3 Å². The van der Waals surface area contributed by atoms with Crippen LogP contribution in [0.4, 0.5) is 0 Å².